The summed E-state index contributed by atoms with van der Waals surface area (Å²) in [5, 5.41) is 0. The molecule has 6 heteroatoms. The SMILES string of the molecule is COC(=O)Cc1ccccc1COCC(F)(F)F. The van der Waals surface area contributed by atoms with Crippen LogP contribution in [0.4, 0.5) is 13.2 Å². The van der Waals surface area contributed by atoms with Gasteiger partial charge in [0.1, 0.15) is 6.61 Å². The van der Waals surface area contributed by atoms with Crippen LogP contribution in [0.25, 0.3) is 0 Å². The van der Waals surface area contributed by atoms with E-state index in [2.05, 4.69) is 9.47 Å². The van der Waals surface area contributed by atoms with Gasteiger partial charge in [-0.15, -0.1) is 0 Å². The Labute approximate surface area is 103 Å². The number of ether oxygens (including phenoxy) is 2. The van der Waals surface area contributed by atoms with Gasteiger partial charge in [-0.05, 0) is 11.1 Å². The Balaban J connectivity index is 2.62. The molecule has 0 N–H and O–H groups in total. The number of carbonyl (C=O) groups excluding carboxylic acids is 1. The highest BCUT2D eigenvalue weighted by atomic mass is 19.4. The molecule has 3 nitrogen and oxygen atoms in total. The van der Waals surface area contributed by atoms with Gasteiger partial charge in [0.15, 0.2) is 0 Å². The molecule has 1 aromatic carbocycles. The first-order valence-electron chi connectivity index (χ1n) is 5.20. The maximum Gasteiger partial charge on any atom is 0.411 e. The van der Waals surface area contributed by atoms with Gasteiger partial charge >= 0.3 is 12.1 Å². The number of halogens is 3. The smallest absolute Gasteiger partial charge is 0.411 e. The fraction of sp³-hybridized carbons (Fsp3) is 0.417. The summed E-state index contributed by atoms with van der Waals surface area (Å²) in [6, 6.07) is 6.65. The number of methoxy groups -OCH3 is 1. The van der Waals surface area contributed by atoms with E-state index in [1.165, 1.54) is 7.11 Å². The molecule has 0 radical (unpaired) electrons. The fourth-order valence-corrected chi connectivity index (χ4v) is 1.38. The largest absolute Gasteiger partial charge is 0.469 e. The molecule has 18 heavy (non-hydrogen) atoms. The van der Waals surface area contributed by atoms with Crippen LogP contribution in [0, 0.1) is 0 Å². The fourth-order valence-electron chi connectivity index (χ4n) is 1.38. The average Bonchev–Trinajstić information content (AvgIpc) is 2.29. The van der Waals surface area contributed by atoms with Gasteiger partial charge in [0.05, 0.1) is 20.1 Å². The summed E-state index contributed by atoms with van der Waals surface area (Å²) in [4.78, 5) is 11.1. The molecule has 1 rings (SSSR count). The minimum Gasteiger partial charge on any atom is -0.469 e. The minimum absolute atomic E-state index is 0.0159. The first-order valence-corrected chi connectivity index (χ1v) is 5.20. The van der Waals surface area contributed by atoms with Crippen molar-refractivity contribution in [1.29, 1.82) is 0 Å². The van der Waals surface area contributed by atoms with Gasteiger partial charge in [-0.25, -0.2) is 0 Å². The summed E-state index contributed by atoms with van der Waals surface area (Å²) in [6.07, 6.45) is -4.33. The zero-order valence-corrected chi connectivity index (χ0v) is 9.79. The van der Waals surface area contributed by atoms with Crippen molar-refractivity contribution in [3.05, 3.63) is 35.4 Å². The molecule has 0 aliphatic heterocycles. The lowest BCUT2D eigenvalue weighted by Crippen LogP contribution is -2.17. The summed E-state index contributed by atoms with van der Waals surface area (Å²) < 4.78 is 44.8. The Hall–Kier alpha value is -1.56. The number of hydrogen-bond donors (Lipinski definition) is 0. The Morgan fingerprint density at radius 2 is 1.83 bits per heavy atom. The molecule has 0 saturated heterocycles. The molecule has 0 heterocycles. The molecule has 0 saturated carbocycles. The molecule has 0 aliphatic carbocycles. The molecule has 0 fully saturated rings. The van der Waals surface area contributed by atoms with Crippen molar-refractivity contribution < 1.29 is 27.4 Å². The second kappa shape index (κ2) is 6.39. The predicted molar refractivity (Wildman–Crippen MR) is 57.9 cm³/mol. The van der Waals surface area contributed by atoms with E-state index in [1.807, 2.05) is 0 Å². The molecular formula is C12H13F3O3. The van der Waals surface area contributed by atoms with Crippen molar-refractivity contribution in [3.63, 3.8) is 0 Å². The highest BCUT2D eigenvalue weighted by Crippen LogP contribution is 2.17. The van der Waals surface area contributed by atoms with Crippen molar-refractivity contribution in [1.82, 2.24) is 0 Å². The molecule has 0 aromatic heterocycles. The lowest BCUT2D eigenvalue weighted by molar-refractivity contribution is -0.176. The summed E-state index contributed by atoms with van der Waals surface area (Å²) in [7, 11) is 1.26. The molecule has 0 aliphatic rings. The molecule has 1 aromatic rings. The number of esters is 1. The lowest BCUT2D eigenvalue weighted by Gasteiger charge is -2.10. The van der Waals surface area contributed by atoms with E-state index < -0.39 is 18.8 Å². The monoisotopic (exact) mass is 262 g/mol. The zero-order valence-electron chi connectivity index (χ0n) is 9.79. The number of rotatable bonds is 5. The maximum absolute atomic E-state index is 11.9. The van der Waals surface area contributed by atoms with E-state index in [9.17, 15) is 18.0 Å². The summed E-state index contributed by atoms with van der Waals surface area (Å²) >= 11 is 0. The first-order chi connectivity index (χ1) is 8.42. The third-order valence-corrected chi connectivity index (χ3v) is 2.20. The van der Waals surface area contributed by atoms with Crippen LogP contribution in [0.3, 0.4) is 0 Å². The third kappa shape index (κ3) is 5.18. The Kier molecular flexibility index (Phi) is 5.15. The quantitative estimate of drug-likeness (QED) is 0.765. The zero-order chi connectivity index (χ0) is 13.6. The van der Waals surface area contributed by atoms with Crippen molar-refractivity contribution in [2.45, 2.75) is 19.2 Å². The van der Waals surface area contributed by atoms with Gasteiger partial charge in [0.25, 0.3) is 0 Å². The number of carbonyl (C=O) groups is 1. The normalized spacial score (nSPS) is 11.3. The van der Waals surface area contributed by atoms with E-state index in [0.29, 0.717) is 11.1 Å². The number of hydrogen-bond acceptors (Lipinski definition) is 3. The van der Waals surface area contributed by atoms with E-state index in [1.54, 1.807) is 24.3 Å². The average molecular weight is 262 g/mol. The van der Waals surface area contributed by atoms with E-state index in [4.69, 9.17) is 0 Å². The molecule has 0 amide bonds. The second-order valence-corrected chi connectivity index (χ2v) is 3.63. The Morgan fingerprint density at radius 3 is 2.39 bits per heavy atom. The van der Waals surface area contributed by atoms with Gasteiger partial charge in [-0.3, -0.25) is 4.79 Å². The van der Waals surface area contributed by atoms with Gasteiger partial charge in [-0.1, -0.05) is 24.3 Å². The predicted octanol–water partition coefficient (Wildman–Crippen LogP) is 2.48. The summed E-state index contributed by atoms with van der Waals surface area (Å²) in [5.74, 6) is -0.446. The van der Waals surface area contributed by atoms with Crippen LogP contribution in [-0.2, 0) is 27.3 Å². The minimum atomic E-state index is -4.35. The summed E-state index contributed by atoms with van der Waals surface area (Å²) in [5.41, 5.74) is 1.15. The van der Waals surface area contributed by atoms with Crippen molar-refractivity contribution in [2.24, 2.45) is 0 Å². The van der Waals surface area contributed by atoms with Gasteiger partial charge < -0.3 is 9.47 Å². The number of alkyl halides is 3. The van der Waals surface area contributed by atoms with Crippen LogP contribution in [0.1, 0.15) is 11.1 Å². The Morgan fingerprint density at radius 1 is 1.22 bits per heavy atom. The van der Waals surface area contributed by atoms with Crippen molar-refractivity contribution in [3.8, 4) is 0 Å². The molecular weight excluding hydrogens is 249 g/mol. The van der Waals surface area contributed by atoms with E-state index >= 15 is 0 Å². The molecule has 0 spiro atoms. The molecule has 100 valence electrons. The summed E-state index contributed by atoms with van der Waals surface area (Å²) in [6.45, 7) is -1.49. The van der Waals surface area contributed by atoms with Gasteiger partial charge in [-0.2, -0.15) is 13.2 Å². The van der Waals surface area contributed by atoms with Gasteiger partial charge in [0.2, 0.25) is 0 Å². The molecule has 0 unspecified atom stereocenters. The van der Waals surface area contributed by atoms with Crippen LogP contribution in [-0.4, -0.2) is 25.9 Å². The topological polar surface area (TPSA) is 35.5 Å². The third-order valence-electron chi connectivity index (χ3n) is 2.20. The lowest BCUT2D eigenvalue weighted by atomic mass is 10.1. The molecule has 0 bridgehead atoms. The van der Waals surface area contributed by atoms with Crippen LogP contribution in [0.2, 0.25) is 0 Å². The van der Waals surface area contributed by atoms with Crippen LogP contribution in [0.15, 0.2) is 24.3 Å². The first kappa shape index (κ1) is 14.5. The highest BCUT2D eigenvalue weighted by molar-refractivity contribution is 5.72. The maximum atomic E-state index is 11.9. The van der Waals surface area contributed by atoms with Crippen LogP contribution < -0.4 is 0 Å². The van der Waals surface area contributed by atoms with Gasteiger partial charge in [0, 0.05) is 0 Å². The second-order valence-electron chi connectivity index (χ2n) is 3.63. The van der Waals surface area contributed by atoms with Crippen molar-refractivity contribution >= 4 is 5.97 Å². The van der Waals surface area contributed by atoms with E-state index in [0.717, 1.165) is 0 Å². The Bertz CT molecular complexity index is 402. The van der Waals surface area contributed by atoms with Crippen LogP contribution >= 0.6 is 0 Å². The van der Waals surface area contributed by atoms with E-state index in [-0.39, 0.29) is 13.0 Å². The molecule has 0 atom stereocenters. The highest BCUT2D eigenvalue weighted by Gasteiger charge is 2.27. The standard InChI is InChI=1S/C12H13F3O3/c1-17-11(16)6-9-4-2-3-5-10(9)7-18-8-12(13,14)15/h2-5H,6-8H2,1H3. The van der Waals surface area contributed by atoms with Crippen molar-refractivity contribution in [2.75, 3.05) is 13.7 Å². The van der Waals surface area contributed by atoms with Crippen LogP contribution in [0.5, 0.6) is 0 Å². The number of benzene rings is 1.